The number of nitrogens with one attached hydrogen (secondary N) is 1. The zero-order chi connectivity index (χ0) is 15.5. The summed E-state index contributed by atoms with van der Waals surface area (Å²) >= 11 is 0. The summed E-state index contributed by atoms with van der Waals surface area (Å²) in [7, 11) is -2.00. The molecule has 2 rings (SSSR count). The number of hydrogen-bond acceptors (Lipinski definition) is 4. The molecular formula is C15H18N2O3S. The molecule has 0 aliphatic carbocycles. The Morgan fingerprint density at radius 1 is 1.14 bits per heavy atom. The lowest BCUT2D eigenvalue weighted by molar-refractivity contribution is 0.414. The Bertz CT molecular complexity index is 725. The minimum atomic E-state index is -3.59. The highest BCUT2D eigenvalue weighted by molar-refractivity contribution is 7.89. The number of nitrogens with two attached hydrogens (primary N) is 1. The number of rotatable bonds is 5. The Balaban J connectivity index is 2.15. The molecule has 2 aromatic carbocycles. The maximum atomic E-state index is 12.3. The summed E-state index contributed by atoms with van der Waals surface area (Å²) in [5.41, 5.74) is 7.59. The summed E-state index contributed by atoms with van der Waals surface area (Å²) in [5, 5.41) is 0. The number of benzene rings is 2. The van der Waals surface area contributed by atoms with Crippen molar-refractivity contribution < 1.29 is 13.2 Å². The SMILES string of the molecule is COc1ccc(CNS(=O)(=O)c2cc(N)ccc2C)cc1. The Morgan fingerprint density at radius 3 is 2.43 bits per heavy atom. The van der Waals surface area contributed by atoms with Gasteiger partial charge in [-0.25, -0.2) is 13.1 Å². The standard InChI is InChI=1S/C15H18N2O3S/c1-11-3-6-13(16)9-15(11)21(18,19)17-10-12-4-7-14(20-2)8-5-12/h3-9,17H,10,16H2,1-2H3. The van der Waals surface area contributed by atoms with Crippen LogP contribution < -0.4 is 15.2 Å². The molecular weight excluding hydrogens is 288 g/mol. The molecule has 0 aliphatic heterocycles. The molecule has 0 aromatic heterocycles. The molecule has 3 N–H and O–H groups in total. The largest absolute Gasteiger partial charge is 0.497 e. The van der Waals surface area contributed by atoms with Gasteiger partial charge in [0.1, 0.15) is 5.75 Å². The lowest BCUT2D eigenvalue weighted by Crippen LogP contribution is -2.24. The highest BCUT2D eigenvalue weighted by atomic mass is 32.2. The van der Waals surface area contributed by atoms with Crippen LogP contribution in [-0.4, -0.2) is 15.5 Å². The van der Waals surface area contributed by atoms with Gasteiger partial charge in [-0.2, -0.15) is 0 Å². The van der Waals surface area contributed by atoms with Crippen molar-refractivity contribution in [3.63, 3.8) is 0 Å². The van der Waals surface area contributed by atoms with E-state index < -0.39 is 10.0 Å². The topological polar surface area (TPSA) is 81.4 Å². The highest BCUT2D eigenvalue weighted by Crippen LogP contribution is 2.19. The first-order valence-electron chi connectivity index (χ1n) is 6.41. The zero-order valence-corrected chi connectivity index (χ0v) is 12.8. The van der Waals surface area contributed by atoms with Crippen molar-refractivity contribution in [2.45, 2.75) is 18.4 Å². The van der Waals surface area contributed by atoms with E-state index >= 15 is 0 Å². The van der Waals surface area contributed by atoms with Gasteiger partial charge in [0.05, 0.1) is 12.0 Å². The second-order valence-corrected chi connectivity index (χ2v) is 6.43. The number of aryl methyl sites for hydroxylation is 1. The predicted octanol–water partition coefficient (Wildman–Crippen LogP) is 2.06. The molecule has 5 nitrogen and oxygen atoms in total. The fraction of sp³-hybridized carbons (Fsp3) is 0.200. The molecule has 0 radical (unpaired) electrons. The summed E-state index contributed by atoms with van der Waals surface area (Å²) in [4.78, 5) is 0.205. The molecule has 0 bridgehead atoms. The highest BCUT2D eigenvalue weighted by Gasteiger charge is 2.16. The van der Waals surface area contributed by atoms with Crippen LogP contribution in [-0.2, 0) is 16.6 Å². The van der Waals surface area contributed by atoms with E-state index in [0.717, 1.165) is 11.3 Å². The monoisotopic (exact) mass is 306 g/mol. The minimum absolute atomic E-state index is 0.205. The van der Waals surface area contributed by atoms with Crippen molar-refractivity contribution in [1.29, 1.82) is 0 Å². The fourth-order valence-electron chi connectivity index (χ4n) is 1.91. The third kappa shape index (κ3) is 3.74. The van der Waals surface area contributed by atoms with Crippen molar-refractivity contribution >= 4 is 15.7 Å². The van der Waals surface area contributed by atoms with Gasteiger partial charge in [-0.15, -0.1) is 0 Å². The quantitative estimate of drug-likeness (QED) is 0.829. The van der Waals surface area contributed by atoms with Crippen molar-refractivity contribution in [2.75, 3.05) is 12.8 Å². The van der Waals surface area contributed by atoms with Gasteiger partial charge in [-0.1, -0.05) is 18.2 Å². The van der Waals surface area contributed by atoms with Gasteiger partial charge in [0.15, 0.2) is 0 Å². The first kappa shape index (κ1) is 15.3. The Kier molecular flexibility index (Phi) is 4.50. The van der Waals surface area contributed by atoms with E-state index in [9.17, 15) is 8.42 Å². The van der Waals surface area contributed by atoms with Crippen LogP contribution in [0.4, 0.5) is 5.69 Å². The molecule has 0 aliphatic rings. The average Bonchev–Trinajstić information content (AvgIpc) is 2.48. The van der Waals surface area contributed by atoms with Crippen molar-refractivity contribution in [2.24, 2.45) is 0 Å². The summed E-state index contributed by atoms with van der Waals surface area (Å²) in [5.74, 6) is 0.730. The van der Waals surface area contributed by atoms with Crippen LogP contribution in [0.25, 0.3) is 0 Å². The molecule has 0 atom stereocenters. The van der Waals surface area contributed by atoms with E-state index in [2.05, 4.69) is 4.72 Å². The second kappa shape index (κ2) is 6.15. The fourth-order valence-corrected chi connectivity index (χ4v) is 3.20. The molecule has 6 heteroatoms. The predicted molar refractivity (Wildman–Crippen MR) is 82.6 cm³/mol. The van der Waals surface area contributed by atoms with Crippen molar-refractivity contribution in [3.05, 3.63) is 53.6 Å². The summed E-state index contributed by atoms with van der Waals surface area (Å²) in [6.45, 7) is 1.95. The maximum absolute atomic E-state index is 12.3. The summed E-state index contributed by atoms with van der Waals surface area (Å²) in [6, 6.07) is 12.0. The van der Waals surface area contributed by atoms with Gasteiger partial charge in [0.25, 0.3) is 0 Å². The number of ether oxygens (including phenoxy) is 1. The molecule has 2 aromatic rings. The van der Waals surface area contributed by atoms with E-state index in [0.29, 0.717) is 11.3 Å². The molecule has 0 heterocycles. The Morgan fingerprint density at radius 2 is 1.81 bits per heavy atom. The number of nitrogen functional groups attached to an aromatic ring is 1. The Labute approximate surface area is 124 Å². The van der Waals surface area contributed by atoms with Crippen LogP contribution >= 0.6 is 0 Å². The Hall–Kier alpha value is -2.05. The third-order valence-electron chi connectivity index (χ3n) is 3.13. The van der Waals surface area contributed by atoms with Gasteiger partial charge in [-0.05, 0) is 42.3 Å². The van der Waals surface area contributed by atoms with Crippen molar-refractivity contribution in [1.82, 2.24) is 4.72 Å². The molecule has 0 unspecified atom stereocenters. The zero-order valence-electron chi connectivity index (χ0n) is 12.0. The minimum Gasteiger partial charge on any atom is -0.497 e. The van der Waals surface area contributed by atoms with Gasteiger partial charge < -0.3 is 10.5 Å². The van der Waals surface area contributed by atoms with Crippen LogP contribution in [0, 0.1) is 6.92 Å². The lowest BCUT2D eigenvalue weighted by atomic mass is 10.2. The van der Waals surface area contributed by atoms with E-state index in [-0.39, 0.29) is 11.4 Å². The van der Waals surface area contributed by atoms with Crippen LogP contribution in [0.15, 0.2) is 47.4 Å². The number of methoxy groups -OCH3 is 1. The molecule has 0 spiro atoms. The lowest BCUT2D eigenvalue weighted by Gasteiger charge is -2.10. The molecule has 0 saturated carbocycles. The van der Waals surface area contributed by atoms with E-state index in [1.54, 1.807) is 38.3 Å². The van der Waals surface area contributed by atoms with E-state index in [1.807, 2.05) is 12.1 Å². The van der Waals surface area contributed by atoms with Crippen LogP contribution in [0.2, 0.25) is 0 Å². The first-order chi connectivity index (χ1) is 9.92. The third-order valence-corrected chi connectivity index (χ3v) is 4.67. The van der Waals surface area contributed by atoms with Crippen LogP contribution in [0.1, 0.15) is 11.1 Å². The molecule has 21 heavy (non-hydrogen) atoms. The number of hydrogen-bond donors (Lipinski definition) is 2. The van der Waals surface area contributed by atoms with E-state index in [1.165, 1.54) is 6.07 Å². The average molecular weight is 306 g/mol. The number of anilines is 1. The molecule has 0 fully saturated rings. The second-order valence-electron chi connectivity index (χ2n) is 4.70. The molecule has 0 saturated heterocycles. The maximum Gasteiger partial charge on any atom is 0.241 e. The van der Waals surface area contributed by atoms with Gasteiger partial charge in [0, 0.05) is 12.2 Å². The summed E-state index contributed by atoms with van der Waals surface area (Å²) < 4.78 is 32.3. The van der Waals surface area contributed by atoms with Crippen LogP contribution in [0.5, 0.6) is 5.75 Å². The van der Waals surface area contributed by atoms with E-state index in [4.69, 9.17) is 10.5 Å². The number of sulfonamides is 1. The smallest absolute Gasteiger partial charge is 0.241 e. The van der Waals surface area contributed by atoms with Gasteiger partial charge in [-0.3, -0.25) is 0 Å². The molecule has 112 valence electrons. The van der Waals surface area contributed by atoms with Gasteiger partial charge >= 0.3 is 0 Å². The first-order valence-corrected chi connectivity index (χ1v) is 7.89. The molecule has 0 amide bonds. The normalized spacial score (nSPS) is 11.3. The van der Waals surface area contributed by atoms with Crippen LogP contribution in [0.3, 0.4) is 0 Å². The van der Waals surface area contributed by atoms with Crippen molar-refractivity contribution in [3.8, 4) is 5.75 Å². The van der Waals surface area contributed by atoms with Gasteiger partial charge in [0.2, 0.25) is 10.0 Å². The summed E-state index contributed by atoms with van der Waals surface area (Å²) in [6.07, 6.45) is 0.